The zero-order valence-corrected chi connectivity index (χ0v) is 19.4. The molecule has 1 aliphatic heterocycles. The van der Waals surface area contributed by atoms with E-state index in [4.69, 9.17) is 12.2 Å². The number of benzene rings is 2. The molecule has 0 bridgehead atoms. The summed E-state index contributed by atoms with van der Waals surface area (Å²) in [6.07, 6.45) is 3.53. The lowest BCUT2D eigenvalue weighted by molar-refractivity contribution is -0.122. The zero-order chi connectivity index (χ0) is 23.0. The fourth-order valence-corrected chi connectivity index (χ4v) is 3.95. The van der Waals surface area contributed by atoms with Gasteiger partial charge in [-0.2, -0.15) is 0 Å². The summed E-state index contributed by atoms with van der Waals surface area (Å²) in [4.78, 5) is 27.4. The van der Waals surface area contributed by atoms with Crippen LogP contribution >= 0.6 is 12.2 Å². The van der Waals surface area contributed by atoms with Crippen molar-refractivity contribution in [3.05, 3.63) is 88.8 Å². The number of hydrogen-bond acceptors (Lipinski definition) is 3. The number of nitrogens with one attached hydrogen (secondary N) is 1. The predicted octanol–water partition coefficient (Wildman–Crippen LogP) is 5.05. The van der Waals surface area contributed by atoms with Crippen LogP contribution < -0.4 is 10.2 Å². The molecule has 1 aromatic heterocycles. The van der Waals surface area contributed by atoms with Gasteiger partial charge in [-0.25, -0.2) is 0 Å². The van der Waals surface area contributed by atoms with Gasteiger partial charge in [0.25, 0.3) is 11.8 Å². The maximum Gasteiger partial charge on any atom is 0.270 e. The van der Waals surface area contributed by atoms with Gasteiger partial charge in [0.05, 0.1) is 5.69 Å². The Hall–Kier alpha value is -3.51. The number of rotatable bonds is 4. The lowest BCUT2D eigenvalue weighted by atomic mass is 10.0. The summed E-state index contributed by atoms with van der Waals surface area (Å²) in [5.74, 6) is -0.562. The van der Waals surface area contributed by atoms with Gasteiger partial charge in [0.1, 0.15) is 5.57 Å². The largest absolute Gasteiger partial charge is 0.317 e. The third-order valence-corrected chi connectivity index (χ3v) is 6.05. The first kappa shape index (κ1) is 21.7. The molecular formula is C26H25N3O2S. The second-order valence-electron chi connectivity index (χ2n) is 8.28. The first-order chi connectivity index (χ1) is 15.3. The molecule has 4 rings (SSSR count). The summed E-state index contributed by atoms with van der Waals surface area (Å²) in [6.45, 7) is 8.34. The predicted molar refractivity (Wildman–Crippen MR) is 132 cm³/mol. The van der Waals surface area contributed by atoms with Crippen molar-refractivity contribution in [2.75, 3.05) is 4.90 Å². The first-order valence-electron chi connectivity index (χ1n) is 10.5. The minimum absolute atomic E-state index is 0.0373. The molecule has 0 spiro atoms. The molecule has 1 fully saturated rings. The molecule has 162 valence electrons. The van der Waals surface area contributed by atoms with Gasteiger partial charge in [0.15, 0.2) is 5.11 Å². The van der Waals surface area contributed by atoms with Crippen LogP contribution in [-0.4, -0.2) is 21.5 Å². The van der Waals surface area contributed by atoms with E-state index in [0.29, 0.717) is 11.6 Å². The number of thiocarbonyl (C=S) groups is 1. The third-order valence-electron chi connectivity index (χ3n) is 5.76. The molecule has 0 atom stereocenters. The molecule has 2 heterocycles. The van der Waals surface area contributed by atoms with E-state index in [1.807, 2.05) is 53.2 Å². The topological polar surface area (TPSA) is 54.3 Å². The minimum Gasteiger partial charge on any atom is -0.317 e. The highest BCUT2D eigenvalue weighted by atomic mass is 32.1. The summed E-state index contributed by atoms with van der Waals surface area (Å²) in [7, 11) is 0. The van der Waals surface area contributed by atoms with E-state index in [-0.39, 0.29) is 10.7 Å². The van der Waals surface area contributed by atoms with Crippen molar-refractivity contribution >= 4 is 40.9 Å². The van der Waals surface area contributed by atoms with E-state index in [2.05, 4.69) is 45.1 Å². The molecule has 2 aromatic carbocycles. The highest BCUT2D eigenvalue weighted by molar-refractivity contribution is 7.80. The monoisotopic (exact) mass is 443 g/mol. The molecule has 1 saturated heterocycles. The maximum absolute atomic E-state index is 13.3. The van der Waals surface area contributed by atoms with Crippen molar-refractivity contribution in [3.8, 4) is 5.69 Å². The van der Waals surface area contributed by atoms with Crippen LogP contribution in [-0.2, 0) is 9.59 Å². The molecule has 2 amide bonds. The van der Waals surface area contributed by atoms with E-state index >= 15 is 0 Å². The summed E-state index contributed by atoms with van der Waals surface area (Å²) >= 11 is 5.32. The molecule has 6 heteroatoms. The van der Waals surface area contributed by atoms with Gasteiger partial charge in [-0.3, -0.25) is 19.8 Å². The van der Waals surface area contributed by atoms with Gasteiger partial charge < -0.3 is 4.57 Å². The van der Waals surface area contributed by atoms with Gasteiger partial charge in [-0.15, -0.1) is 0 Å². The van der Waals surface area contributed by atoms with Crippen LogP contribution in [0.25, 0.3) is 11.8 Å². The van der Waals surface area contributed by atoms with Crippen LogP contribution in [0, 0.1) is 13.8 Å². The normalized spacial score (nSPS) is 15.6. The van der Waals surface area contributed by atoms with Gasteiger partial charge >= 0.3 is 0 Å². The van der Waals surface area contributed by atoms with Crippen molar-refractivity contribution in [2.45, 2.75) is 33.6 Å². The van der Waals surface area contributed by atoms with Gasteiger partial charge in [0.2, 0.25) is 0 Å². The lowest BCUT2D eigenvalue weighted by Crippen LogP contribution is -2.54. The molecule has 0 saturated carbocycles. The Morgan fingerprint density at radius 2 is 1.62 bits per heavy atom. The molecule has 0 unspecified atom stereocenters. The highest BCUT2D eigenvalue weighted by Gasteiger charge is 2.34. The van der Waals surface area contributed by atoms with Crippen LogP contribution in [0.5, 0.6) is 0 Å². The second-order valence-corrected chi connectivity index (χ2v) is 8.66. The van der Waals surface area contributed by atoms with Crippen LogP contribution in [0.4, 0.5) is 5.69 Å². The summed E-state index contributed by atoms with van der Waals surface area (Å²) in [6, 6.07) is 17.6. The average molecular weight is 444 g/mol. The van der Waals surface area contributed by atoms with E-state index in [0.717, 1.165) is 16.9 Å². The minimum atomic E-state index is -0.497. The number of nitrogens with zero attached hydrogens (tertiary/aromatic N) is 2. The smallest absolute Gasteiger partial charge is 0.270 e. The van der Waals surface area contributed by atoms with E-state index < -0.39 is 11.8 Å². The molecule has 1 aliphatic rings. The van der Waals surface area contributed by atoms with Crippen molar-refractivity contribution in [3.63, 3.8) is 0 Å². The Bertz CT molecular complexity index is 1250. The van der Waals surface area contributed by atoms with E-state index in [1.54, 1.807) is 6.08 Å². The SMILES string of the molecule is Cc1ccc(-n2cccc2/C=C2\C(=O)NC(=S)N(c3ccc(C(C)C)cc3)C2=O)cc1C. The van der Waals surface area contributed by atoms with Gasteiger partial charge in [-0.1, -0.05) is 32.0 Å². The van der Waals surface area contributed by atoms with Crippen molar-refractivity contribution in [2.24, 2.45) is 0 Å². The first-order valence-corrected chi connectivity index (χ1v) is 10.9. The number of carbonyl (C=O) groups excluding carboxylic acids is 2. The standard InChI is InChI=1S/C26H25N3O2S/c1-16(2)19-8-11-20(12-9-19)29-25(31)23(24(30)27-26(29)32)15-21-6-5-13-28(21)22-10-7-17(3)18(4)14-22/h5-16H,1-4H3,(H,27,30,32)/b23-15+. The van der Waals surface area contributed by atoms with E-state index in [1.165, 1.54) is 16.0 Å². The molecule has 32 heavy (non-hydrogen) atoms. The number of aromatic nitrogens is 1. The second kappa shape index (κ2) is 8.55. The Morgan fingerprint density at radius 3 is 2.28 bits per heavy atom. The molecule has 5 nitrogen and oxygen atoms in total. The summed E-state index contributed by atoms with van der Waals surface area (Å²) < 4.78 is 1.95. The molecule has 1 N–H and O–H groups in total. The van der Waals surface area contributed by atoms with E-state index in [9.17, 15) is 9.59 Å². The average Bonchev–Trinajstić information content (AvgIpc) is 3.21. The van der Waals surface area contributed by atoms with Gasteiger partial charge in [0, 0.05) is 17.6 Å². The van der Waals surface area contributed by atoms with Crippen LogP contribution in [0.2, 0.25) is 0 Å². The number of hydrogen-bond donors (Lipinski definition) is 1. The van der Waals surface area contributed by atoms with Crippen molar-refractivity contribution in [1.29, 1.82) is 0 Å². The summed E-state index contributed by atoms with van der Waals surface area (Å²) in [5.41, 5.74) is 5.89. The molecule has 0 radical (unpaired) electrons. The number of carbonyl (C=O) groups is 2. The third kappa shape index (κ3) is 4.01. The highest BCUT2D eigenvalue weighted by Crippen LogP contribution is 2.25. The molecule has 0 aliphatic carbocycles. The van der Waals surface area contributed by atoms with Crippen molar-refractivity contribution < 1.29 is 9.59 Å². The fraction of sp³-hybridized carbons (Fsp3) is 0.192. The Balaban J connectivity index is 1.71. The number of amides is 2. The maximum atomic E-state index is 13.3. The Labute approximate surface area is 193 Å². The lowest BCUT2D eigenvalue weighted by Gasteiger charge is -2.29. The fourth-order valence-electron chi connectivity index (χ4n) is 3.67. The number of anilines is 1. The van der Waals surface area contributed by atoms with Gasteiger partial charge in [-0.05, 0) is 91.1 Å². The van der Waals surface area contributed by atoms with Crippen molar-refractivity contribution in [1.82, 2.24) is 9.88 Å². The summed E-state index contributed by atoms with van der Waals surface area (Å²) in [5, 5.41) is 2.74. The quantitative estimate of drug-likeness (QED) is 0.349. The van der Waals surface area contributed by atoms with Crippen LogP contribution in [0.1, 0.15) is 42.1 Å². The number of aryl methyl sites for hydroxylation is 2. The molecular weight excluding hydrogens is 418 g/mol. The zero-order valence-electron chi connectivity index (χ0n) is 18.5. The van der Waals surface area contributed by atoms with Crippen LogP contribution in [0.15, 0.2) is 66.4 Å². The molecule has 3 aromatic rings. The Morgan fingerprint density at radius 1 is 0.938 bits per heavy atom. The Kier molecular flexibility index (Phi) is 5.80. The van der Waals surface area contributed by atoms with Crippen LogP contribution in [0.3, 0.4) is 0 Å².